The molecule has 0 aliphatic carbocycles. The average Bonchev–Trinajstić information content (AvgIpc) is 2.71. The van der Waals surface area contributed by atoms with Crippen LogP contribution in [0, 0.1) is 16.6 Å². The average molecular weight is 323 g/mol. The number of nitrogens with zero attached hydrogens (tertiary/aromatic N) is 2. The first-order valence-corrected chi connectivity index (χ1v) is 7.05. The molecule has 1 aliphatic rings. The number of carbonyl (C=O) groups is 1. The minimum atomic E-state index is 0.112. The molecule has 0 aromatic heterocycles. The van der Waals surface area contributed by atoms with Crippen LogP contribution in [0.15, 0.2) is 40.2 Å². The summed E-state index contributed by atoms with van der Waals surface area (Å²) in [6.45, 7) is 4.41. The van der Waals surface area contributed by atoms with Gasteiger partial charge in [0.05, 0.1) is 5.69 Å². The lowest BCUT2D eigenvalue weighted by Crippen LogP contribution is -2.24. The van der Waals surface area contributed by atoms with Gasteiger partial charge < -0.3 is 4.90 Å². The van der Waals surface area contributed by atoms with E-state index >= 15 is 0 Å². The van der Waals surface area contributed by atoms with E-state index in [2.05, 4.69) is 22.5 Å². The summed E-state index contributed by atoms with van der Waals surface area (Å²) in [5.41, 5.74) is 0.853. The summed E-state index contributed by atoms with van der Waals surface area (Å²) in [6.07, 6.45) is 2.34. The Morgan fingerprint density at radius 2 is 2.39 bits per heavy atom. The second-order valence-corrected chi connectivity index (χ2v) is 5.72. The fraction of sp³-hybridized carbons (Fsp3) is 0.231. The topological polar surface area (TPSA) is 44.1 Å². The molecular weight excluding hydrogens is 312 g/mol. The maximum absolute atomic E-state index is 11.9. The summed E-state index contributed by atoms with van der Waals surface area (Å²) in [7, 11) is 0. The van der Waals surface area contributed by atoms with Gasteiger partial charge in [-0.15, -0.1) is 6.58 Å². The van der Waals surface area contributed by atoms with E-state index in [0.29, 0.717) is 13.0 Å². The first-order valence-electron chi connectivity index (χ1n) is 5.44. The lowest BCUT2D eigenvalue weighted by atomic mass is 10.1. The number of thioether (sulfide) groups is 1. The molecule has 1 aromatic rings. The molecule has 1 heterocycles. The molecule has 1 amide bonds. The summed E-state index contributed by atoms with van der Waals surface area (Å²) in [4.78, 5) is 14.5. The van der Waals surface area contributed by atoms with Crippen molar-refractivity contribution in [1.29, 1.82) is 5.26 Å². The normalized spacial score (nSPS) is 18.8. The van der Waals surface area contributed by atoms with Crippen molar-refractivity contribution in [3.63, 3.8) is 0 Å². The number of anilines is 1. The van der Waals surface area contributed by atoms with Gasteiger partial charge in [0, 0.05) is 28.3 Å². The van der Waals surface area contributed by atoms with E-state index in [0.717, 1.165) is 26.8 Å². The van der Waals surface area contributed by atoms with Crippen LogP contribution in [-0.4, -0.2) is 12.5 Å². The van der Waals surface area contributed by atoms with Crippen molar-refractivity contribution >= 4 is 39.3 Å². The zero-order valence-corrected chi connectivity index (χ0v) is 12.0. The number of carbonyl (C=O) groups excluding carboxylic acids is 1. The number of benzene rings is 1. The highest BCUT2D eigenvalue weighted by Gasteiger charge is 2.29. The highest BCUT2D eigenvalue weighted by atomic mass is 79.9. The predicted octanol–water partition coefficient (Wildman–Crippen LogP) is 3.56. The summed E-state index contributed by atoms with van der Waals surface area (Å²) in [5, 5.41) is 10.6. The molecule has 0 saturated carbocycles. The molecular formula is C13H11BrN2OS. The van der Waals surface area contributed by atoms with Crippen LogP contribution in [0.25, 0.3) is 0 Å². The lowest BCUT2D eigenvalue weighted by Gasteiger charge is -2.18. The second-order valence-electron chi connectivity index (χ2n) is 4.01. The van der Waals surface area contributed by atoms with Crippen molar-refractivity contribution in [3.8, 4) is 5.40 Å². The summed E-state index contributed by atoms with van der Waals surface area (Å²) in [6, 6.07) is 5.58. The van der Waals surface area contributed by atoms with Crippen molar-refractivity contribution in [2.24, 2.45) is 5.92 Å². The lowest BCUT2D eigenvalue weighted by molar-refractivity contribution is -0.117. The van der Waals surface area contributed by atoms with Crippen LogP contribution in [0.1, 0.15) is 6.42 Å². The fourth-order valence-corrected chi connectivity index (χ4v) is 3.11. The third kappa shape index (κ3) is 2.60. The van der Waals surface area contributed by atoms with Crippen molar-refractivity contribution < 1.29 is 4.79 Å². The molecule has 1 saturated heterocycles. The number of hydrogen-bond donors (Lipinski definition) is 0. The standard InChI is InChI=1S/C13H11BrN2OS/c1-2-9-5-13(17)16(7-9)12-4-3-10(18-8-15)6-11(12)14/h2-4,6,9H,1,5,7H2. The van der Waals surface area contributed by atoms with Gasteiger partial charge in [-0.25, -0.2) is 0 Å². The minimum absolute atomic E-state index is 0.112. The van der Waals surface area contributed by atoms with Gasteiger partial charge in [0.15, 0.2) is 0 Å². The molecule has 1 atom stereocenters. The van der Waals surface area contributed by atoms with Crippen LogP contribution in [0.4, 0.5) is 5.69 Å². The summed E-state index contributed by atoms with van der Waals surface area (Å²) in [5.74, 6) is 0.332. The zero-order chi connectivity index (χ0) is 13.1. The van der Waals surface area contributed by atoms with Crippen LogP contribution in [-0.2, 0) is 4.79 Å². The fourth-order valence-electron chi connectivity index (χ4n) is 1.95. The number of nitriles is 1. The highest BCUT2D eigenvalue weighted by Crippen LogP contribution is 2.34. The molecule has 1 fully saturated rings. The maximum atomic E-state index is 11.9. The SMILES string of the molecule is C=CC1CC(=O)N(c2ccc(SC#N)cc2Br)C1. The van der Waals surface area contributed by atoms with E-state index in [-0.39, 0.29) is 11.8 Å². The molecule has 2 rings (SSSR count). The van der Waals surface area contributed by atoms with Gasteiger partial charge in [-0.05, 0) is 45.9 Å². The molecule has 1 unspecified atom stereocenters. The van der Waals surface area contributed by atoms with E-state index < -0.39 is 0 Å². The molecule has 92 valence electrons. The Hall–Kier alpha value is -1.25. The molecule has 1 aromatic carbocycles. The minimum Gasteiger partial charge on any atom is -0.311 e. The van der Waals surface area contributed by atoms with Gasteiger partial charge in [-0.3, -0.25) is 4.79 Å². The van der Waals surface area contributed by atoms with Crippen molar-refractivity contribution in [3.05, 3.63) is 35.3 Å². The van der Waals surface area contributed by atoms with Crippen LogP contribution in [0.3, 0.4) is 0 Å². The molecule has 0 N–H and O–H groups in total. The molecule has 0 spiro atoms. The highest BCUT2D eigenvalue weighted by molar-refractivity contribution is 9.10. The molecule has 5 heteroatoms. The molecule has 18 heavy (non-hydrogen) atoms. The number of amides is 1. The van der Waals surface area contributed by atoms with Crippen LogP contribution in [0.2, 0.25) is 0 Å². The molecule has 1 aliphatic heterocycles. The van der Waals surface area contributed by atoms with E-state index in [1.54, 1.807) is 4.90 Å². The smallest absolute Gasteiger partial charge is 0.227 e. The van der Waals surface area contributed by atoms with Gasteiger partial charge in [0.2, 0.25) is 5.91 Å². The van der Waals surface area contributed by atoms with Crippen LogP contribution >= 0.6 is 27.7 Å². The van der Waals surface area contributed by atoms with Crippen molar-refractivity contribution in [1.82, 2.24) is 0 Å². The predicted molar refractivity (Wildman–Crippen MR) is 76.3 cm³/mol. The summed E-state index contributed by atoms with van der Waals surface area (Å²) >= 11 is 4.56. The number of halogens is 1. The van der Waals surface area contributed by atoms with Crippen molar-refractivity contribution in [2.45, 2.75) is 11.3 Å². The first kappa shape index (κ1) is 13.2. The Labute approximate surface area is 119 Å². The third-order valence-electron chi connectivity index (χ3n) is 2.86. The summed E-state index contributed by atoms with van der Waals surface area (Å²) < 4.78 is 0.834. The quantitative estimate of drug-likeness (QED) is 0.485. The van der Waals surface area contributed by atoms with Gasteiger partial charge >= 0.3 is 0 Å². The van der Waals surface area contributed by atoms with Gasteiger partial charge in [0.1, 0.15) is 5.40 Å². The Balaban J connectivity index is 2.27. The maximum Gasteiger partial charge on any atom is 0.227 e. The molecule has 3 nitrogen and oxygen atoms in total. The molecule has 0 bridgehead atoms. The first-order chi connectivity index (χ1) is 8.65. The van der Waals surface area contributed by atoms with E-state index in [9.17, 15) is 4.79 Å². The largest absolute Gasteiger partial charge is 0.311 e. The zero-order valence-electron chi connectivity index (χ0n) is 9.60. The van der Waals surface area contributed by atoms with Gasteiger partial charge in [0.25, 0.3) is 0 Å². The molecule has 0 radical (unpaired) electrons. The Morgan fingerprint density at radius 3 is 2.94 bits per heavy atom. The Kier molecular flexibility index (Phi) is 4.10. The number of rotatable bonds is 3. The van der Waals surface area contributed by atoms with E-state index in [1.165, 1.54) is 0 Å². The monoisotopic (exact) mass is 322 g/mol. The van der Waals surface area contributed by atoms with E-state index in [4.69, 9.17) is 5.26 Å². The van der Waals surface area contributed by atoms with Gasteiger partial charge in [-0.2, -0.15) is 5.26 Å². The Morgan fingerprint density at radius 1 is 1.61 bits per heavy atom. The second kappa shape index (κ2) is 5.59. The van der Waals surface area contributed by atoms with Crippen LogP contribution in [0.5, 0.6) is 0 Å². The number of hydrogen-bond acceptors (Lipinski definition) is 3. The van der Waals surface area contributed by atoms with Gasteiger partial charge in [-0.1, -0.05) is 6.08 Å². The van der Waals surface area contributed by atoms with Crippen LogP contribution < -0.4 is 4.90 Å². The Bertz CT molecular complexity index is 538. The number of thiocyanates is 1. The third-order valence-corrected chi connectivity index (χ3v) is 4.08. The van der Waals surface area contributed by atoms with Crippen molar-refractivity contribution in [2.75, 3.05) is 11.4 Å². The van der Waals surface area contributed by atoms with E-state index in [1.807, 2.05) is 29.7 Å².